The predicted octanol–water partition coefficient (Wildman–Crippen LogP) is 2.54. The average Bonchev–Trinajstić information content (AvgIpc) is 3.32. The SMILES string of the molecule is CCc1nc(C(=O)[C@H](CC)NC(=O)[C@@H](CC(=O)N2CCOCC2)CC2CCCCC2)no1. The van der Waals surface area contributed by atoms with E-state index >= 15 is 0 Å². The Bertz CT molecular complexity index is 768. The summed E-state index contributed by atoms with van der Waals surface area (Å²) >= 11 is 0. The molecule has 32 heavy (non-hydrogen) atoms. The van der Waals surface area contributed by atoms with Crippen LogP contribution in [0, 0.1) is 11.8 Å². The van der Waals surface area contributed by atoms with Crippen LogP contribution in [0.4, 0.5) is 0 Å². The highest BCUT2D eigenvalue weighted by molar-refractivity contribution is 5.99. The van der Waals surface area contributed by atoms with Crippen LogP contribution in [-0.4, -0.2) is 65.0 Å². The monoisotopic (exact) mass is 448 g/mol. The van der Waals surface area contributed by atoms with E-state index < -0.39 is 12.0 Å². The molecule has 0 bridgehead atoms. The summed E-state index contributed by atoms with van der Waals surface area (Å²) in [6, 6.07) is -0.739. The summed E-state index contributed by atoms with van der Waals surface area (Å²) in [5.41, 5.74) is 0. The molecule has 178 valence electrons. The Morgan fingerprint density at radius 2 is 1.84 bits per heavy atom. The Morgan fingerprint density at radius 3 is 2.47 bits per heavy atom. The van der Waals surface area contributed by atoms with Gasteiger partial charge in [0.05, 0.1) is 19.3 Å². The van der Waals surface area contributed by atoms with Gasteiger partial charge in [-0.3, -0.25) is 14.4 Å². The summed E-state index contributed by atoms with van der Waals surface area (Å²) in [5, 5.41) is 6.64. The number of nitrogens with zero attached hydrogens (tertiary/aromatic N) is 3. The molecule has 2 fully saturated rings. The molecule has 1 aliphatic carbocycles. The lowest BCUT2D eigenvalue weighted by Crippen LogP contribution is -2.46. The third-order valence-electron chi connectivity index (χ3n) is 6.53. The molecule has 9 nitrogen and oxygen atoms in total. The van der Waals surface area contributed by atoms with Crippen LogP contribution in [0.2, 0.25) is 0 Å². The molecule has 0 radical (unpaired) electrons. The molecule has 1 saturated heterocycles. The van der Waals surface area contributed by atoms with E-state index in [2.05, 4.69) is 15.5 Å². The Hall–Kier alpha value is -2.29. The van der Waals surface area contributed by atoms with Crippen molar-refractivity contribution < 1.29 is 23.6 Å². The van der Waals surface area contributed by atoms with Crippen LogP contribution in [0.3, 0.4) is 0 Å². The lowest BCUT2D eigenvalue weighted by atomic mass is 9.81. The van der Waals surface area contributed by atoms with Crippen molar-refractivity contribution >= 4 is 17.6 Å². The zero-order valence-electron chi connectivity index (χ0n) is 19.3. The first-order chi connectivity index (χ1) is 15.5. The van der Waals surface area contributed by atoms with Gasteiger partial charge in [-0.2, -0.15) is 4.98 Å². The first-order valence-corrected chi connectivity index (χ1v) is 12.0. The van der Waals surface area contributed by atoms with Crippen molar-refractivity contribution in [1.29, 1.82) is 0 Å². The normalized spacial score (nSPS) is 19.4. The van der Waals surface area contributed by atoms with Crippen molar-refractivity contribution in [2.45, 2.75) is 77.7 Å². The topological polar surface area (TPSA) is 115 Å². The number of hydrogen-bond donors (Lipinski definition) is 1. The molecule has 0 unspecified atom stereocenters. The number of carbonyl (C=O) groups is 3. The summed E-state index contributed by atoms with van der Waals surface area (Å²) in [7, 11) is 0. The molecule has 2 heterocycles. The maximum absolute atomic E-state index is 13.3. The highest BCUT2D eigenvalue weighted by Crippen LogP contribution is 2.30. The lowest BCUT2D eigenvalue weighted by Gasteiger charge is -2.30. The van der Waals surface area contributed by atoms with E-state index in [4.69, 9.17) is 9.26 Å². The quantitative estimate of drug-likeness (QED) is 0.547. The van der Waals surface area contributed by atoms with Crippen molar-refractivity contribution in [3.63, 3.8) is 0 Å². The van der Waals surface area contributed by atoms with E-state index in [1.165, 1.54) is 19.3 Å². The summed E-state index contributed by atoms with van der Waals surface area (Å²) in [4.78, 5) is 44.9. The Kier molecular flexibility index (Phi) is 9.20. The molecular formula is C23H36N4O5. The van der Waals surface area contributed by atoms with Crippen LogP contribution < -0.4 is 5.32 Å². The fourth-order valence-corrected chi connectivity index (χ4v) is 4.56. The molecule has 9 heteroatoms. The number of carbonyl (C=O) groups excluding carboxylic acids is 3. The molecule has 2 aliphatic rings. The Balaban J connectivity index is 1.67. The number of Topliss-reactive ketones (excluding diaryl/α,β-unsaturated/α-hetero) is 1. The van der Waals surface area contributed by atoms with Crippen LogP contribution in [0.5, 0.6) is 0 Å². The van der Waals surface area contributed by atoms with Gasteiger partial charge in [0.15, 0.2) is 0 Å². The molecule has 3 rings (SSSR count). The van der Waals surface area contributed by atoms with Crippen molar-refractivity contribution in [3.8, 4) is 0 Å². The molecule has 0 aromatic carbocycles. The number of ketones is 1. The van der Waals surface area contributed by atoms with E-state index in [0.29, 0.717) is 57.4 Å². The number of amides is 2. The third kappa shape index (κ3) is 6.60. The van der Waals surface area contributed by atoms with Crippen LogP contribution >= 0.6 is 0 Å². The van der Waals surface area contributed by atoms with E-state index in [-0.39, 0.29) is 29.8 Å². The Morgan fingerprint density at radius 1 is 1.12 bits per heavy atom. The number of ether oxygens (including phenoxy) is 1. The third-order valence-corrected chi connectivity index (χ3v) is 6.53. The number of nitrogens with one attached hydrogen (secondary N) is 1. The molecule has 1 aromatic rings. The minimum atomic E-state index is -0.739. The second-order valence-corrected chi connectivity index (χ2v) is 8.83. The van der Waals surface area contributed by atoms with E-state index in [1.54, 1.807) is 4.90 Å². The van der Waals surface area contributed by atoms with Gasteiger partial charge < -0.3 is 19.5 Å². The summed E-state index contributed by atoms with van der Waals surface area (Å²) < 4.78 is 10.4. The maximum atomic E-state index is 13.3. The minimum absolute atomic E-state index is 0.0118. The lowest BCUT2D eigenvalue weighted by molar-refractivity contribution is -0.140. The number of hydrogen-bond acceptors (Lipinski definition) is 7. The second-order valence-electron chi connectivity index (χ2n) is 8.83. The molecule has 1 aromatic heterocycles. The zero-order valence-corrected chi connectivity index (χ0v) is 19.3. The standard InChI is InChI=1S/C23H36N4O5/c1-3-18(21(29)22-25-19(4-2)32-26-22)24-23(30)17(14-16-8-6-5-7-9-16)15-20(28)27-10-12-31-13-11-27/h16-18H,3-15H2,1-2H3,(H,24,30)/t17-,18+/m1/s1. The van der Waals surface area contributed by atoms with Gasteiger partial charge in [-0.1, -0.05) is 51.1 Å². The van der Waals surface area contributed by atoms with Crippen molar-refractivity contribution in [2.75, 3.05) is 26.3 Å². The van der Waals surface area contributed by atoms with Gasteiger partial charge in [0, 0.05) is 31.8 Å². The van der Waals surface area contributed by atoms with Gasteiger partial charge >= 0.3 is 0 Å². The van der Waals surface area contributed by atoms with Gasteiger partial charge in [0.25, 0.3) is 0 Å². The number of morpholine rings is 1. The van der Waals surface area contributed by atoms with Gasteiger partial charge in [0.2, 0.25) is 29.3 Å². The molecule has 2 amide bonds. The van der Waals surface area contributed by atoms with E-state index in [1.807, 2.05) is 13.8 Å². The molecule has 2 atom stereocenters. The van der Waals surface area contributed by atoms with Crippen LogP contribution in [0.15, 0.2) is 4.52 Å². The van der Waals surface area contributed by atoms with Crippen LogP contribution in [0.1, 0.15) is 81.7 Å². The number of aryl methyl sites for hydroxylation is 1. The minimum Gasteiger partial charge on any atom is -0.378 e. The van der Waals surface area contributed by atoms with Gasteiger partial charge in [-0.05, 0) is 18.8 Å². The first kappa shape index (κ1) is 24.4. The fourth-order valence-electron chi connectivity index (χ4n) is 4.56. The molecule has 1 aliphatic heterocycles. The second kappa shape index (κ2) is 12.1. The van der Waals surface area contributed by atoms with Crippen molar-refractivity contribution in [2.24, 2.45) is 11.8 Å². The van der Waals surface area contributed by atoms with E-state index in [9.17, 15) is 14.4 Å². The smallest absolute Gasteiger partial charge is 0.240 e. The summed E-state index contributed by atoms with van der Waals surface area (Å²) in [6.07, 6.45) is 7.54. The van der Waals surface area contributed by atoms with Crippen molar-refractivity contribution in [3.05, 3.63) is 11.7 Å². The van der Waals surface area contributed by atoms with Gasteiger partial charge in [0.1, 0.15) is 0 Å². The van der Waals surface area contributed by atoms with Gasteiger partial charge in [-0.25, -0.2) is 0 Å². The molecular weight excluding hydrogens is 412 g/mol. The number of rotatable bonds is 10. The van der Waals surface area contributed by atoms with Crippen molar-refractivity contribution in [1.82, 2.24) is 20.4 Å². The highest BCUT2D eigenvalue weighted by Gasteiger charge is 2.32. The first-order valence-electron chi connectivity index (χ1n) is 12.0. The molecule has 1 saturated carbocycles. The Labute approximate surface area is 189 Å². The summed E-state index contributed by atoms with van der Waals surface area (Å²) in [5.74, 6) is -0.252. The zero-order chi connectivity index (χ0) is 22.9. The predicted molar refractivity (Wildman–Crippen MR) is 117 cm³/mol. The maximum Gasteiger partial charge on any atom is 0.240 e. The van der Waals surface area contributed by atoms with Crippen LogP contribution in [0.25, 0.3) is 0 Å². The molecule has 1 N–H and O–H groups in total. The summed E-state index contributed by atoms with van der Waals surface area (Å²) in [6.45, 7) is 5.87. The van der Waals surface area contributed by atoms with Gasteiger partial charge in [-0.15, -0.1) is 0 Å². The molecule has 0 spiro atoms. The van der Waals surface area contributed by atoms with Crippen LogP contribution in [-0.2, 0) is 20.7 Å². The fraction of sp³-hybridized carbons (Fsp3) is 0.783. The number of aromatic nitrogens is 2. The largest absolute Gasteiger partial charge is 0.378 e. The highest BCUT2D eigenvalue weighted by atomic mass is 16.5. The van der Waals surface area contributed by atoms with E-state index in [0.717, 1.165) is 12.8 Å². The average molecular weight is 449 g/mol.